The van der Waals surface area contributed by atoms with E-state index in [-0.39, 0.29) is 0 Å². The highest BCUT2D eigenvalue weighted by Gasteiger charge is 2.49. The fourth-order valence-corrected chi connectivity index (χ4v) is 3.70. The number of nitrogens with one attached hydrogen (secondary N) is 1. The SMILES string of the molecule is CCCC(NCC1(C2CC2)CCC1)C1CC1. The van der Waals surface area contributed by atoms with E-state index in [9.17, 15) is 0 Å². The number of hydrogen-bond donors (Lipinski definition) is 1. The average Bonchev–Trinajstić information content (AvgIpc) is 3.06. The fourth-order valence-electron chi connectivity index (χ4n) is 3.70. The second kappa shape index (κ2) is 4.33. The molecule has 3 fully saturated rings. The Morgan fingerprint density at radius 1 is 1.19 bits per heavy atom. The van der Waals surface area contributed by atoms with E-state index >= 15 is 0 Å². The molecule has 0 spiro atoms. The second-order valence-corrected chi connectivity index (χ2v) is 6.60. The molecule has 0 radical (unpaired) electrons. The molecule has 0 aliphatic heterocycles. The van der Waals surface area contributed by atoms with Crippen molar-refractivity contribution in [3.63, 3.8) is 0 Å². The zero-order valence-electron chi connectivity index (χ0n) is 10.8. The molecule has 1 N–H and O–H groups in total. The summed E-state index contributed by atoms with van der Waals surface area (Å²) in [5, 5.41) is 3.95. The van der Waals surface area contributed by atoms with Gasteiger partial charge in [-0.05, 0) is 62.2 Å². The monoisotopic (exact) mass is 221 g/mol. The van der Waals surface area contributed by atoms with Crippen molar-refractivity contribution in [3.8, 4) is 0 Å². The molecule has 1 unspecified atom stereocenters. The Hall–Kier alpha value is -0.0400. The molecule has 0 aromatic heterocycles. The molecule has 0 aromatic rings. The van der Waals surface area contributed by atoms with Crippen LogP contribution >= 0.6 is 0 Å². The zero-order valence-corrected chi connectivity index (χ0v) is 10.8. The van der Waals surface area contributed by atoms with Gasteiger partial charge in [0, 0.05) is 12.6 Å². The van der Waals surface area contributed by atoms with Crippen LogP contribution in [0.15, 0.2) is 0 Å². The molecule has 1 atom stereocenters. The van der Waals surface area contributed by atoms with Crippen molar-refractivity contribution in [2.24, 2.45) is 17.3 Å². The predicted molar refractivity (Wildman–Crippen MR) is 68.4 cm³/mol. The van der Waals surface area contributed by atoms with Gasteiger partial charge in [0.2, 0.25) is 0 Å². The van der Waals surface area contributed by atoms with E-state index in [0.29, 0.717) is 0 Å². The second-order valence-electron chi connectivity index (χ2n) is 6.60. The van der Waals surface area contributed by atoms with Crippen molar-refractivity contribution in [3.05, 3.63) is 0 Å². The van der Waals surface area contributed by atoms with Crippen LogP contribution in [0.3, 0.4) is 0 Å². The van der Waals surface area contributed by atoms with E-state index < -0.39 is 0 Å². The first-order valence-electron chi connectivity index (χ1n) is 7.57. The maximum Gasteiger partial charge on any atom is 0.00954 e. The smallest absolute Gasteiger partial charge is 0.00954 e. The fraction of sp³-hybridized carbons (Fsp3) is 1.00. The van der Waals surface area contributed by atoms with Gasteiger partial charge in [-0.25, -0.2) is 0 Å². The van der Waals surface area contributed by atoms with E-state index in [1.54, 1.807) is 0 Å². The molecule has 3 aliphatic rings. The van der Waals surface area contributed by atoms with Crippen LogP contribution in [0.2, 0.25) is 0 Å². The standard InChI is InChI=1S/C15H27N/c1-2-4-14(12-5-6-12)16-11-15(9-3-10-15)13-7-8-13/h12-14,16H,2-11H2,1H3. The van der Waals surface area contributed by atoms with Crippen LogP contribution in [0.5, 0.6) is 0 Å². The Balaban J connectivity index is 1.49. The highest BCUT2D eigenvalue weighted by Crippen LogP contribution is 2.56. The first-order valence-corrected chi connectivity index (χ1v) is 7.57. The van der Waals surface area contributed by atoms with Crippen LogP contribution < -0.4 is 5.32 Å². The Morgan fingerprint density at radius 3 is 2.38 bits per heavy atom. The third-order valence-electron chi connectivity index (χ3n) is 5.30. The van der Waals surface area contributed by atoms with Crippen molar-refractivity contribution < 1.29 is 0 Å². The van der Waals surface area contributed by atoms with Crippen LogP contribution in [0.4, 0.5) is 0 Å². The molecule has 1 nitrogen and oxygen atoms in total. The summed E-state index contributed by atoms with van der Waals surface area (Å²) < 4.78 is 0. The van der Waals surface area contributed by atoms with Crippen molar-refractivity contribution in [2.45, 2.75) is 70.8 Å². The Labute approximate surface area is 100 Å². The van der Waals surface area contributed by atoms with Gasteiger partial charge >= 0.3 is 0 Å². The van der Waals surface area contributed by atoms with E-state index in [0.717, 1.165) is 23.3 Å². The van der Waals surface area contributed by atoms with Crippen LogP contribution in [-0.2, 0) is 0 Å². The van der Waals surface area contributed by atoms with Gasteiger partial charge in [-0.1, -0.05) is 19.8 Å². The Bertz CT molecular complexity index is 236. The van der Waals surface area contributed by atoms with Gasteiger partial charge in [0.05, 0.1) is 0 Å². The summed E-state index contributed by atoms with van der Waals surface area (Å²) in [6.45, 7) is 3.68. The summed E-state index contributed by atoms with van der Waals surface area (Å²) in [7, 11) is 0. The molecule has 1 heteroatoms. The molecule has 0 aromatic carbocycles. The van der Waals surface area contributed by atoms with Gasteiger partial charge in [-0.3, -0.25) is 0 Å². The minimum atomic E-state index is 0.765. The van der Waals surface area contributed by atoms with E-state index in [2.05, 4.69) is 12.2 Å². The lowest BCUT2D eigenvalue weighted by Gasteiger charge is -2.44. The minimum Gasteiger partial charge on any atom is -0.313 e. The number of hydrogen-bond acceptors (Lipinski definition) is 1. The van der Waals surface area contributed by atoms with Crippen LogP contribution in [0.1, 0.15) is 64.7 Å². The lowest BCUT2D eigenvalue weighted by Crippen LogP contribution is -2.45. The minimum absolute atomic E-state index is 0.765. The van der Waals surface area contributed by atoms with Crippen molar-refractivity contribution in [1.29, 1.82) is 0 Å². The highest BCUT2D eigenvalue weighted by molar-refractivity contribution is 5.01. The average molecular weight is 221 g/mol. The summed E-state index contributed by atoms with van der Waals surface area (Å²) in [4.78, 5) is 0. The summed E-state index contributed by atoms with van der Waals surface area (Å²) >= 11 is 0. The first-order chi connectivity index (χ1) is 7.84. The third kappa shape index (κ3) is 2.16. The van der Waals surface area contributed by atoms with Gasteiger partial charge in [-0.15, -0.1) is 0 Å². The molecule has 0 amide bonds. The lowest BCUT2D eigenvalue weighted by atomic mass is 9.65. The van der Waals surface area contributed by atoms with Crippen molar-refractivity contribution >= 4 is 0 Å². The normalized spacial score (nSPS) is 29.8. The van der Waals surface area contributed by atoms with E-state index in [4.69, 9.17) is 0 Å². The van der Waals surface area contributed by atoms with Gasteiger partial charge in [-0.2, -0.15) is 0 Å². The molecular formula is C15H27N. The molecular weight excluding hydrogens is 194 g/mol. The summed E-state index contributed by atoms with van der Waals surface area (Å²) in [5.74, 6) is 2.14. The van der Waals surface area contributed by atoms with Gasteiger partial charge in [0.15, 0.2) is 0 Å². The molecule has 3 rings (SSSR count). The molecule has 92 valence electrons. The maximum absolute atomic E-state index is 3.95. The molecule has 0 saturated heterocycles. The van der Waals surface area contributed by atoms with Crippen LogP contribution in [0.25, 0.3) is 0 Å². The van der Waals surface area contributed by atoms with Gasteiger partial charge in [0.25, 0.3) is 0 Å². The predicted octanol–water partition coefficient (Wildman–Crippen LogP) is 3.74. The Morgan fingerprint density at radius 2 is 1.94 bits per heavy atom. The highest BCUT2D eigenvalue weighted by atomic mass is 14.9. The van der Waals surface area contributed by atoms with Gasteiger partial charge < -0.3 is 5.32 Å². The molecule has 0 heterocycles. The quantitative estimate of drug-likeness (QED) is 0.690. The molecule has 3 saturated carbocycles. The first kappa shape index (κ1) is 11.1. The lowest BCUT2D eigenvalue weighted by molar-refractivity contribution is 0.0924. The van der Waals surface area contributed by atoms with Gasteiger partial charge in [0.1, 0.15) is 0 Å². The van der Waals surface area contributed by atoms with Crippen molar-refractivity contribution in [1.82, 2.24) is 5.32 Å². The maximum atomic E-state index is 3.95. The topological polar surface area (TPSA) is 12.0 Å². The Kier molecular flexibility index (Phi) is 2.99. The van der Waals surface area contributed by atoms with Crippen LogP contribution in [-0.4, -0.2) is 12.6 Å². The van der Waals surface area contributed by atoms with E-state index in [1.165, 1.54) is 64.3 Å². The molecule has 3 aliphatic carbocycles. The number of rotatable bonds is 7. The van der Waals surface area contributed by atoms with Crippen molar-refractivity contribution in [2.75, 3.05) is 6.54 Å². The molecule has 0 bridgehead atoms. The largest absolute Gasteiger partial charge is 0.313 e. The van der Waals surface area contributed by atoms with Crippen LogP contribution in [0, 0.1) is 17.3 Å². The third-order valence-corrected chi connectivity index (χ3v) is 5.30. The zero-order chi connectivity index (χ0) is 11.0. The summed E-state index contributed by atoms with van der Waals surface area (Å²) in [6.07, 6.45) is 13.4. The van der Waals surface area contributed by atoms with E-state index in [1.807, 2.05) is 0 Å². The summed E-state index contributed by atoms with van der Waals surface area (Å²) in [5.41, 5.74) is 0.765. The molecule has 16 heavy (non-hydrogen) atoms. The summed E-state index contributed by atoms with van der Waals surface area (Å²) in [6, 6.07) is 0.862.